The molecule has 1 aromatic rings. The highest BCUT2D eigenvalue weighted by molar-refractivity contribution is 5.79. The topological polar surface area (TPSA) is 64.1 Å². The Bertz CT molecular complexity index is 454. The van der Waals surface area contributed by atoms with Gasteiger partial charge in [-0.25, -0.2) is 4.99 Å². The zero-order valence-electron chi connectivity index (χ0n) is 15.8. The van der Waals surface area contributed by atoms with Gasteiger partial charge in [-0.15, -0.1) is 0 Å². The van der Waals surface area contributed by atoms with Gasteiger partial charge < -0.3 is 24.8 Å². The minimum Gasteiger partial charge on any atom is -0.489 e. The van der Waals surface area contributed by atoms with Crippen LogP contribution in [-0.4, -0.2) is 58.6 Å². The molecule has 0 aromatic heterocycles. The summed E-state index contributed by atoms with van der Waals surface area (Å²) in [4.78, 5) is 4.64. The molecule has 0 saturated carbocycles. The summed E-state index contributed by atoms with van der Waals surface area (Å²) in [5, 5.41) is 6.59. The largest absolute Gasteiger partial charge is 0.489 e. The standard InChI is InChI=1S/C19H33N3O3/c1-4-17(25-18-10-7-6-8-11-18)16-22-19(20-5-2)21-12-9-13-24-15-14-23-3/h6-8,10-11,17H,4-5,9,12-16H2,1-3H3,(H2,20,21,22). The molecule has 6 nitrogen and oxygen atoms in total. The molecule has 1 rings (SSSR count). The second kappa shape index (κ2) is 14.5. The lowest BCUT2D eigenvalue weighted by atomic mass is 10.2. The van der Waals surface area contributed by atoms with E-state index < -0.39 is 0 Å². The van der Waals surface area contributed by atoms with Crippen molar-refractivity contribution in [2.75, 3.05) is 46.6 Å². The number of ether oxygens (including phenoxy) is 3. The number of nitrogens with zero attached hydrogens (tertiary/aromatic N) is 1. The molecule has 0 saturated heterocycles. The predicted octanol–water partition coefficient (Wildman–Crippen LogP) is 2.45. The van der Waals surface area contributed by atoms with Crippen LogP contribution in [0.25, 0.3) is 0 Å². The molecule has 25 heavy (non-hydrogen) atoms. The van der Waals surface area contributed by atoms with Crippen molar-refractivity contribution in [3.05, 3.63) is 30.3 Å². The minimum absolute atomic E-state index is 0.0650. The lowest BCUT2D eigenvalue weighted by Gasteiger charge is -2.17. The molecular weight excluding hydrogens is 318 g/mol. The quantitative estimate of drug-likeness (QED) is 0.325. The first-order valence-corrected chi connectivity index (χ1v) is 9.10. The second-order valence-corrected chi connectivity index (χ2v) is 5.57. The maximum atomic E-state index is 5.98. The van der Waals surface area contributed by atoms with E-state index in [9.17, 15) is 0 Å². The molecule has 0 amide bonds. The Hall–Kier alpha value is -1.79. The number of hydrogen-bond acceptors (Lipinski definition) is 4. The molecule has 6 heteroatoms. The van der Waals surface area contributed by atoms with Crippen LogP contribution in [0.15, 0.2) is 35.3 Å². The predicted molar refractivity (Wildman–Crippen MR) is 102 cm³/mol. The van der Waals surface area contributed by atoms with Crippen LogP contribution in [-0.2, 0) is 9.47 Å². The number of para-hydroxylation sites is 1. The summed E-state index contributed by atoms with van der Waals surface area (Å²) in [5.41, 5.74) is 0. The first-order chi connectivity index (χ1) is 12.3. The van der Waals surface area contributed by atoms with Crippen LogP contribution in [0.3, 0.4) is 0 Å². The smallest absolute Gasteiger partial charge is 0.191 e. The van der Waals surface area contributed by atoms with Crippen molar-refractivity contribution in [2.24, 2.45) is 4.99 Å². The second-order valence-electron chi connectivity index (χ2n) is 5.57. The number of nitrogens with one attached hydrogen (secondary N) is 2. The van der Waals surface area contributed by atoms with Gasteiger partial charge in [0, 0.05) is 26.8 Å². The van der Waals surface area contributed by atoms with Gasteiger partial charge in [0.25, 0.3) is 0 Å². The highest BCUT2D eigenvalue weighted by Gasteiger charge is 2.08. The van der Waals surface area contributed by atoms with E-state index >= 15 is 0 Å². The molecule has 2 N–H and O–H groups in total. The normalized spacial score (nSPS) is 12.7. The number of hydrogen-bond donors (Lipinski definition) is 2. The summed E-state index contributed by atoms with van der Waals surface area (Å²) < 4.78 is 16.4. The van der Waals surface area contributed by atoms with Gasteiger partial charge in [-0.05, 0) is 31.9 Å². The Labute approximate surface area is 152 Å². The summed E-state index contributed by atoms with van der Waals surface area (Å²) in [5.74, 6) is 1.70. The van der Waals surface area contributed by atoms with Crippen LogP contribution >= 0.6 is 0 Å². The van der Waals surface area contributed by atoms with Crippen LogP contribution in [0.5, 0.6) is 5.75 Å². The third-order valence-electron chi connectivity index (χ3n) is 3.49. The van der Waals surface area contributed by atoms with Gasteiger partial charge in [0.1, 0.15) is 11.9 Å². The summed E-state index contributed by atoms with van der Waals surface area (Å²) in [6.07, 6.45) is 1.90. The fourth-order valence-corrected chi connectivity index (χ4v) is 2.10. The molecule has 0 bridgehead atoms. The zero-order chi connectivity index (χ0) is 18.2. The van der Waals surface area contributed by atoms with Gasteiger partial charge in [-0.2, -0.15) is 0 Å². The van der Waals surface area contributed by atoms with Crippen LogP contribution in [0.2, 0.25) is 0 Å². The molecular formula is C19H33N3O3. The molecule has 0 heterocycles. The lowest BCUT2D eigenvalue weighted by molar-refractivity contribution is 0.0698. The van der Waals surface area contributed by atoms with Crippen molar-refractivity contribution < 1.29 is 14.2 Å². The molecule has 0 aliphatic heterocycles. The van der Waals surface area contributed by atoms with Crippen LogP contribution < -0.4 is 15.4 Å². The average Bonchev–Trinajstić information content (AvgIpc) is 2.64. The molecule has 0 spiro atoms. The van der Waals surface area contributed by atoms with Crippen LogP contribution in [0, 0.1) is 0 Å². The van der Waals surface area contributed by atoms with E-state index in [0.29, 0.717) is 26.4 Å². The fourth-order valence-electron chi connectivity index (χ4n) is 2.10. The first-order valence-electron chi connectivity index (χ1n) is 9.10. The summed E-state index contributed by atoms with van der Waals surface area (Å²) in [7, 11) is 1.68. The van der Waals surface area contributed by atoms with Gasteiger partial charge in [-0.3, -0.25) is 0 Å². The summed E-state index contributed by atoms with van der Waals surface area (Å²) in [6.45, 7) is 8.41. The Morgan fingerprint density at radius 2 is 1.88 bits per heavy atom. The fraction of sp³-hybridized carbons (Fsp3) is 0.632. The van der Waals surface area contributed by atoms with E-state index in [4.69, 9.17) is 14.2 Å². The molecule has 1 atom stereocenters. The van der Waals surface area contributed by atoms with E-state index in [1.165, 1.54) is 0 Å². The summed E-state index contributed by atoms with van der Waals surface area (Å²) in [6, 6.07) is 9.88. The van der Waals surface area contributed by atoms with Crippen molar-refractivity contribution >= 4 is 5.96 Å². The van der Waals surface area contributed by atoms with E-state index in [1.54, 1.807) is 7.11 Å². The lowest BCUT2D eigenvalue weighted by Crippen LogP contribution is -2.39. The van der Waals surface area contributed by atoms with Crippen molar-refractivity contribution in [1.82, 2.24) is 10.6 Å². The monoisotopic (exact) mass is 351 g/mol. The van der Waals surface area contributed by atoms with E-state index in [0.717, 1.165) is 37.6 Å². The van der Waals surface area contributed by atoms with Gasteiger partial charge in [0.2, 0.25) is 0 Å². The molecule has 0 fully saturated rings. The third-order valence-corrected chi connectivity index (χ3v) is 3.49. The van der Waals surface area contributed by atoms with Gasteiger partial charge in [0.05, 0.1) is 19.8 Å². The van der Waals surface area contributed by atoms with Gasteiger partial charge in [-0.1, -0.05) is 25.1 Å². The SMILES string of the molecule is CCNC(=NCC(CC)Oc1ccccc1)NCCCOCCOC. The number of aliphatic imine (C=N–C) groups is 1. The highest BCUT2D eigenvalue weighted by Crippen LogP contribution is 2.12. The maximum absolute atomic E-state index is 5.98. The first kappa shape index (κ1) is 21.3. The number of rotatable bonds is 13. The van der Waals surface area contributed by atoms with Crippen molar-refractivity contribution in [3.8, 4) is 5.75 Å². The van der Waals surface area contributed by atoms with E-state index in [2.05, 4.69) is 29.5 Å². The van der Waals surface area contributed by atoms with Crippen molar-refractivity contribution in [1.29, 1.82) is 0 Å². The van der Waals surface area contributed by atoms with Gasteiger partial charge in [0.15, 0.2) is 5.96 Å². The molecule has 142 valence electrons. The zero-order valence-corrected chi connectivity index (χ0v) is 15.8. The Morgan fingerprint density at radius 1 is 1.08 bits per heavy atom. The third kappa shape index (κ3) is 10.6. The van der Waals surface area contributed by atoms with E-state index in [1.807, 2.05) is 30.3 Å². The maximum Gasteiger partial charge on any atom is 0.191 e. The number of benzene rings is 1. The Balaban J connectivity index is 2.34. The highest BCUT2D eigenvalue weighted by atomic mass is 16.5. The van der Waals surface area contributed by atoms with Crippen molar-refractivity contribution in [3.63, 3.8) is 0 Å². The van der Waals surface area contributed by atoms with Crippen molar-refractivity contribution in [2.45, 2.75) is 32.8 Å². The molecule has 0 aliphatic carbocycles. The number of guanidine groups is 1. The molecule has 1 aromatic carbocycles. The Kier molecular flexibility index (Phi) is 12.4. The molecule has 0 aliphatic rings. The van der Waals surface area contributed by atoms with Crippen LogP contribution in [0.4, 0.5) is 0 Å². The van der Waals surface area contributed by atoms with Crippen LogP contribution in [0.1, 0.15) is 26.7 Å². The van der Waals surface area contributed by atoms with Gasteiger partial charge >= 0.3 is 0 Å². The van der Waals surface area contributed by atoms with E-state index in [-0.39, 0.29) is 6.10 Å². The summed E-state index contributed by atoms with van der Waals surface area (Å²) >= 11 is 0. The molecule has 1 unspecified atom stereocenters. The minimum atomic E-state index is 0.0650. The number of methoxy groups -OCH3 is 1. The average molecular weight is 351 g/mol. The Morgan fingerprint density at radius 3 is 2.56 bits per heavy atom. The molecule has 0 radical (unpaired) electrons.